The Bertz CT molecular complexity index is 1060. The number of thioether (sulfide) groups is 1. The van der Waals surface area contributed by atoms with Crippen LogP contribution in [0.25, 0.3) is 16.9 Å². The number of hydrogen-bond donors (Lipinski definition) is 0. The van der Waals surface area contributed by atoms with Crippen LogP contribution < -0.4 is 4.74 Å². The minimum absolute atomic E-state index is 0.168. The number of fused-ring (bicyclic) bond motifs is 1. The maximum Gasteiger partial charge on any atom is 0.243 e. The van der Waals surface area contributed by atoms with E-state index < -0.39 is 11.6 Å². The van der Waals surface area contributed by atoms with Gasteiger partial charge in [0, 0.05) is 17.4 Å². The fourth-order valence-corrected chi connectivity index (χ4v) is 4.12. The van der Waals surface area contributed by atoms with Crippen LogP contribution >= 0.6 is 23.1 Å². The Hall–Kier alpha value is -2.45. The molecule has 1 aromatic carbocycles. The number of ether oxygens (including phenoxy) is 1. The summed E-state index contributed by atoms with van der Waals surface area (Å²) < 4.78 is 34.3. The van der Waals surface area contributed by atoms with Gasteiger partial charge >= 0.3 is 0 Å². The highest BCUT2D eigenvalue weighted by atomic mass is 32.2. The summed E-state index contributed by atoms with van der Waals surface area (Å²) in [5.74, 6) is -0.222. The Morgan fingerprint density at radius 1 is 1.19 bits per heavy atom. The van der Waals surface area contributed by atoms with Crippen molar-refractivity contribution in [3.63, 3.8) is 0 Å². The first-order valence-electron chi connectivity index (χ1n) is 7.69. The molecule has 0 fully saturated rings. The van der Waals surface area contributed by atoms with E-state index in [0.29, 0.717) is 11.5 Å². The van der Waals surface area contributed by atoms with Gasteiger partial charge in [0.1, 0.15) is 22.4 Å². The number of rotatable bonds is 5. The first kappa shape index (κ1) is 17.0. The van der Waals surface area contributed by atoms with Gasteiger partial charge in [-0.15, -0.1) is 0 Å². The fraction of sp³-hybridized carbons (Fsp3) is 0.111. The number of aromatic nitrogens is 3. The van der Waals surface area contributed by atoms with Crippen LogP contribution in [0.2, 0.25) is 0 Å². The van der Waals surface area contributed by atoms with Crippen molar-refractivity contribution in [1.82, 2.24) is 14.6 Å². The Morgan fingerprint density at radius 3 is 2.81 bits per heavy atom. The second-order valence-electron chi connectivity index (χ2n) is 5.46. The standard InChI is InChI=1S/C18H13F2N3OS2/c1-24-18-17(13-3-2-12(19)8-14(13)20)21-15-4-5-16(22-23(15)18)26-10-11-6-7-25-9-11/h2-9H,10H2,1H3. The van der Waals surface area contributed by atoms with Gasteiger partial charge in [-0.05, 0) is 46.7 Å². The molecule has 0 aliphatic rings. The van der Waals surface area contributed by atoms with E-state index >= 15 is 0 Å². The van der Waals surface area contributed by atoms with Gasteiger partial charge in [-0.25, -0.2) is 13.8 Å². The molecule has 0 radical (unpaired) electrons. The smallest absolute Gasteiger partial charge is 0.243 e. The largest absolute Gasteiger partial charge is 0.479 e. The molecule has 0 bridgehead atoms. The van der Waals surface area contributed by atoms with Gasteiger partial charge in [0.25, 0.3) is 0 Å². The number of thiophene rings is 1. The first-order valence-corrected chi connectivity index (χ1v) is 9.61. The van der Waals surface area contributed by atoms with E-state index in [2.05, 4.69) is 21.5 Å². The zero-order valence-electron chi connectivity index (χ0n) is 13.6. The maximum atomic E-state index is 14.2. The van der Waals surface area contributed by atoms with Crippen molar-refractivity contribution in [1.29, 1.82) is 0 Å². The summed E-state index contributed by atoms with van der Waals surface area (Å²) in [5, 5.41) is 9.47. The third-order valence-electron chi connectivity index (χ3n) is 3.76. The molecule has 0 atom stereocenters. The van der Waals surface area contributed by atoms with Gasteiger partial charge in [0.2, 0.25) is 5.88 Å². The molecule has 0 N–H and O–H groups in total. The van der Waals surface area contributed by atoms with Crippen molar-refractivity contribution in [3.8, 4) is 17.1 Å². The Kier molecular flexibility index (Phi) is 4.60. The molecule has 0 amide bonds. The summed E-state index contributed by atoms with van der Waals surface area (Å²) in [6.45, 7) is 0. The van der Waals surface area contributed by atoms with Gasteiger partial charge in [-0.3, -0.25) is 0 Å². The van der Waals surface area contributed by atoms with Crippen LogP contribution in [0.4, 0.5) is 8.78 Å². The Balaban J connectivity index is 1.73. The van der Waals surface area contributed by atoms with E-state index in [1.54, 1.807) is 29.2 Å². The summed E-state index contributed by atoms with van der Waals surface area (Å²) in [6.07, 6.45) is 0. The quantitative estimate of drug-likeness (QED) is 0.449. The van der Waals surface area contributed by atoms with E-state index in [1.165, 1.54) is 29.3 Å². The molecule has 0 spiro atoms. The molecule has 0 unspecified atom stereocenters. The minimum atomic E-state index is -0.696. The third kappa shape index (κ3) is 3.17. The molecule has 0 saturated heterocycles. The van der Waals surface area contributed by atoms with Gasteiger partial charge in [-0.1, -0.05) is 11.8 Å². The lowest BCUT2D eigenvalue weighted by Crippen LogP contribution is -1.97. The molecule has 4 nitrogen and oxygen atoms in total. The zero-order valence-corrected chi connectivity index (χ0v) is 15.3. The lowest BCUT2D eigenvalue weighted by Gasteiger charge is -2.05. The van der Waals surface area contributed by atoms with Crippen LogP contribution in [0, 0.1) is 11.6 Å². The van der Waals surface area contributed by atoms with E-state index in [9.17, 15) is 8.78 Å². The third-order valence-corrected chi connectivity index (χ3v) is 5.48. The molecule has 4 aromatic rings. The molecule has 8 heteroatoms. The Morgan fingerprint density at radius 2 is 2.08 bits per heavy atom. The number of hydrogen-bond acceptors (Lipinski definition) is 5. The van der Waals surface area contributed by atoms with Crippen LogP contribution in [-0.4, -0.2) is 21.7 Å². The molecule has 26 heavy (non-hydrogen) atoms. The van der Waals surface area contributed by atoms with Crippen molar-refractivity contribution in [2.24, 2.45) is 0 Å². The average molecular weight is 389 g/mol. The predicted molar refractivity (Wildman–Crippen MR) is 98.8 cm³/mol. The molecule has 3 aromatic heterocycles. The number of nitrogens with zero attached hydrogens (tertiary/aromatic N) is 3. The zero-order chi connectivity index (χ0) is 18.1. The molecule has 0 aliphatic heterocycles. The summed E-state index contributed by atoms with van der Waals surface area (Å²) in [5.41, 5.74) is 2.22. The van der Waals surface area contributed by atoms with Crippen molar-refractivity contribution in [2.75, 3.05) is 7.11 Å². The highest BCUT2D eigenvalue weighted by Gasteiger charge is 2.19. The monoisotopic (exact) mass is 389 g/mol. The molecule has 4 rings (SSSR count). The SMILES string of the molecule is COc1c(-c2ccc(F)cc2F)nc2ccc(SCc3ccsc3)nn12. The van der Waals surface area contributed by atoms with Gasteiger partial charge in [-0.2, -0.15) is 21.0 Å². The molecule has 0 aliphatic carbocycles. The summed E-state index contributed by atoms with van der Waals surface area (Å²) >= 11 is 3.25. The van der Waals surface area contributed by atoms with Crippen molar-refractivity contribution in [2.45, 2.75) is 10.8 Å². The topological polar surface area (TPSA) is 39.4 Å². The predicted octanol–water partition coefficient (Wildman–Crippen LogP) is 5.04. The maximum absolute atomic E-state index is 14.2. The molecular weight excluding hydrogens is 376 g/mol. The summed E-state index contributed by atoms with van der Waals surface area (Å²) in [6, 6.07) is 9.11. The van der Waals surface area contributed by atoms with Gasteiger partial charge in [0.15, 0.2) is 5.65 Å². The highest BCUT2D eigenvalue weighted by molar-refractivity contribution is 7.98. The lowest BCUT2D eigenvalue weighted by molar-refractivity contribution is 0.387. The second kappa shape index (κ2) is 7.05. The fourth-order valence-electron chi connectivity index (χ4n) is 2.55. The van der Waals surface area contributed by atoms with Crippen LogP contribution in [0.5, 0.6) is 5.88 Å². The van der Waals surface area contributed by atoms with E-state index in [1.807, 2.05) is 11.4 Å². The Labute approximate surface area is 156 Å². The number of halogens is 2. The second-order valence-corrected chi connectivity index (χ2v) is 7.23. The van der Waals surface area contributed by atoms with Crippen LogP contribution in [-0.2, 0) is 5.75 Å². The number of benzene rings is 1. The molecule has 132 valence electrons. The first-order chi connectivity index (χ1) is 12.7. The summed E-state index contributed by atoms with van der Waals surface area (Å²) in [4.78, 5) is 4.40. The van der Waals surface area contributed by atoms with Crippen molar-refractivity contribution in [3.05, 3.63) is 64.4 Å². The number of methoxy groups -OCH3 is 1. The van der Waals surface area contributed by atoms with E-state index in [4.69, 9.17) is 4.74 Å². The van der Waals surface area contributed by atoms with E-state index in [-0.39, 0.29) is 11.3 Å². The minimum Gasteiger partial charge on any atom is -0.479 e. The van der Waals surface area contributed by atoms with Gasteiger partial charge < -0.3 is 4.74 Å². The summed E-state index contributed by atoms with van der Waals surface area (Å²) in [7, 11) is 1.47. The van der Waals surface area contributed by atoms with Gasteiger partial charge in [0.05, 0.1) is 7.11 Å². The van der Waals surface area contributed by atoms with Crippen molar-refractivity contribution >= 4 is 28.7 Å². The molecular formula is C18H13F2N3OS2. The number of imidazole rings is 1. The highest BCUT2D eigenvalue weighted by Crippen LogP contribution is 2.33. The molecule has 0 saturated carbocycles. The normalized spacial score (nSPS) is 11.2. The average Bonchev–Trinajstić information content (AvgIpc) is 3.27. The van der Waals surface area contributed by atoms with Crippen LogP contribution in [0.3, 0.4) is 0 Å². The van der Waals surface area contributed by atoms with Crippen molar-refractivity contribution < 1.29 is 13.5 Å². The van der Waals surface area contributed by atoms with Crippen LogP contribution in [0.1, 0.15) is 5.56 Å². The molecule has 3 heterocycles. The van der Waals surface area contributed by atoms with E-state index in [0.717, 1.165) is 16.8 Å². The lowest BCUT2D eigenvalue weighted by atomic mass is 10.1. The van der Waals surface area contributed by atoms with Crippen LogP contribution in [0.15, 0.2) is 52.2 Å².